The molecule has 0 bridgehead atoms. The summed E-state index contributed by atoms with van der Waals surface area (Å²) in [6, 6.07) is 17.1. The van der Waals surface area contributed by atoms with E-state index in [2.05, 4.69) is 35.2 Å². The van der Waals surface area contributed by atoms with Gasteiger partial charge in [-0.2, -0.15) is 0 Å². The number of ether oxygens (including phenoxy) is 1. The van der Waals surface area contributed by atoms with E-state index in [0.717, 1.165) is 31.2 Å². The van der Waals surface area contributed by atoms with Gasteiger partial charge in [0.2, 0.25) is 0 Å². The van der Waals surface area contributed by atoms with Crippen LogP contribution in [0.2, 0.25) is 0 Å². The van der Waals surface area contributed by atoms with Gasteiger partial charge in [0.1, 0.15) is 17.7 Å². The Morgan fingerprint density at radius 3 is 2.16 bits per heavy atom. The molecule has 2 fully saturated rings. The highest BCUT2D eigenvalue weighted by atomic mass is 19.1. The van der Waals surface area contributed by atoms with Crippen LogP contribution >= 0.6 is 0 Å². The van der Waals surface area contributed by atoms with Crippen molar-refractivity contribution in [2.45, 2.75) is 31.3 Å². The lowest BCUT2D eigenvalue weighted by Crippen LogP contribution is -2.44. The van der Waals surface area contributed by atoms with Crippen molar-refractivity contribution in [2.24, 2.45) is 5.92 Å². The van der Waals surface area contributed by atoms with Crippen molar-refractivity contribution in [3.63, 3.8) is 0 Å². The zero-order chi connectivity index (χ0) is 22.9. The second-order valence-corrected chi connectivity index (χ2v) is 8.13. The molecule has 0 amide bonds. The summed E-state index contributed by atoms with van der Waals surface area (Å²) >= 11 is 0. The van der Waals surface area contributed by atoms with Crippen LogP contribution in [0.5, 0.6) is 5.75 Å². The van der Waals surface area contributed by atoms with Gasteiger partial charge in [0.15, 0.2) is 0 Å². The molecule has 2 aliphatic rings. The molecule has 4 rings (SSSR count). The molecule has 0 radical (unpaired) electrons. The van der Waals surface area contributed by atoms with Crippen molar-refractivity contribution in [3.05, 3.63) is 78.1 Å². The van der Waals surface area contributed by atoms with E-state index in [1.54, 1.807) is 12.1 Å². The molecule has 6 nitrogen and oxygen atoms in total. The third kappa shape index (κ3) is 7.81. The van der Waals surface area contributed by atoms with Gasteiger partial charge < -0.3 is 19.8 Å². The molecule has 1 heterocycles. The average Bonchev–Trinajstić information content (AvgIpc) is 3.60. The summed E-state index contributed by atoms with van der Waals surface area (Å²) in [4.78, 5) is 21.7. The van der Waals surface area contributed by atoms with Crippen molar-refractivity contribution in [1.82, 2.24) is 4.90 Å². The lowest BCUT2D eigenvalue weighted by atomic mass is 9.87. The quantitative estimate of drug-likeness (QED) is 0.627. The first-order chi connectivity index (χ1) is 15.4. The summed E-state index contributed by atoms with van der Waals surface area (Å²) < 4.78 is 19.4. The van der Waals surface area contributed by atoms with Gasteiger partial charge >= 0.3 is 11.9 Å². The number of aliphatic carboxylic acids is 2. The summed E-state index contributed by atoms with van der Waals surface area (Å²) in [7, 11) is 0. The van der Waals surface area contributed by atoms with Gasteiger partial charge in [0.25, 0.3) is 0 Å². The highest BCUT2D eigenvalue weighted by molar-refractivity contribution is 5.89. The molecule has 1 aliphatic carbocycles. The predicted molar refractivity (Wildman–Crippen MR) is 118 cm³/mol. The minimum atomic E-state index is -1.26. The number of nitrogens with zero attached hydrogens (tertiary/aromatic N) is 1. The largest absolute Gasteiger partial charge is 0.490 e. The molecule has 1 aliphatic heterocycles. The Balaban J connectivity index is 0.000000312. The number of rotatable bonds is 7. The van der Waals surface area contributed by atoms with Crippen LogP contribution in [0, 0.1) is 11.7 Å². The normalized spacial score (nSPS) is 20.9. The molecule has 170 valence electrons. The molecule has 0 spiro atoms. The number of carbonyl (C=O) groups is 2. The Morgan fingerprint density at radius 1 is 0.969 bits per heavy atom. The number of benzene rings is 2. The summed E-state index contributed by atoms with van der Waals surface area (Å²) in [6.07, 6.45) is 5.06. The lowest BCUT2D eigenvalue weighted by Gasteiger charge is -2.39. The Labute approximate surface area is 186 Å². The number of piperidine rings is 1. The number of halogens is 1. The van der Waals surface area contributed by atoms with Crippen LogP contribution in [0.3, 0.4) is 0 Å². The molecule has 0 aromatic heterocycles. The molecular weight excluding hydrogens is 413 g/mol. The standard InChI is InChI=1S/C21H24FNO.C4H4O4/c22-18-8-10-19(11-9-18)24-21-12-13-23(14-16-6-7-16)15-20(21)17-4-2-1-3-5-17;5-3(6)1-2-4(7)8/h1-5,8-11,16,20-21H,6-7,12-15H2;1-2H,(H,5,6)(H,7,8)/t20-,21-;/m0./s1. The molecule has 0 unspecified atom stereocenters. The van der Waals surface area contributed by atoms with E-state index in [9.17, 15) is 14.0 Å². The number of carboxylic acids is 2. The van der Waals surface area contributed by atoms with Crippen LogP contribution in [0.1, 0.15) is 30.7 Å². The van der Waals surface area contributed by atoms with Crippen LogP contribution in [-0.4, -0.2) is 52.8 Å². The van der Waals surface area contributed by atoms with E-state index >= 15 is 0 Å². The van der Waals surface area contributed by atoms with E-state index < -0.39 is 11.9 Å². The summed E-state index contributed by atoms with van der Waals surface area (Å²) in [6.45, 7) is 3.37. The molecule has 2 atom stereocenters. The molecule has 2 aromatic rings. The lowest BCUT2D eigenvalue weighted by molar-refractivity contribution is -0.134. The molecule has 2 aromatic carbocycles. The van der Waals surface area contributed by atoms with Gasteiger partial charge in [-0.15, -0.1) is 0 Å². The number of hydrogen-bond donors (Lipinski definition) is 2. The topological polar surface area (TPSA) is 87.1 Å². The van der Waals surface area contributed by atoms with Crippen molar-refractivity contribution in [1.29, 1.82) is 0 Å². The molecular formula is C25H28FNO5. The van der Waals surface area contributed by atoms with E-state index in [1.165, 1.54) is 37.1 Å². The van der Waals surface area contributed by atoms with Crippen molar-refractivity contribution in [2.75, 3.05) is 19.6 Å². The highest BCUT2D eigenvalue weighted by Crippen LogP contribution is 2.35. The van der Waals surface area contributed by atoms with Gasteiger partial charge in [-0.05, 0) is 55.0 Å². The third-order valence-electron chi connectivity index (χ3n) is 5.54. The van der Waals surface area contributed by atoms with Crippen LogP contribution < -0.4 is 4.74 Å². The average molecular weight is 441 g/mol. The zero-order valence-corrected chi connectivity index (χ0v) is 17.8. The van der Waals surface area contributed by atoms with Gasteiger partial charge in [-0.1, -0.05) is 30.3 Å². The molecule has 1 saturated carbocycles. The third-order valence-corrected chi connectivity index (χ3v) is 5.54. The van der Waals surface area contributed by atoms with Crippen molar-refractivity contribution >= 4 is 11.9 Å². The summed E-state index contributed by atoms with van der Waals surface area (Å²) in [5.41, 5.74) is 1.34. The highest BCUT2D eigenvalue weighted by Gasteiger charge is 2.34. The second-order valence-electron chi connectivity index (χ2n) is 8.13. The predicted octanol–water partition coefficient (Wildman–Crippen LogP) is 4.18. The maximum absolute atomic E-state index is 13.1. The van der Waals surface area contributed by atoms with Crippen molar-refractivity contribution in [3.8, 4) is 5.75 Å². The van der Waals surface area contributed by atoms with Crippen LogP contribution in [0.25, 0.3) is 0 Å². The Morgan fingerprint density at radius 2 is 1.59 bits per heavy atom. The fourth-order valence-electron chi connectivity index (χ4n) is 3.82. The second kappa shape index (κ2) is 11.4. The Kier molecular flexibility index (Phi) is 8.39. The fourth-order valence-corrected chi connectivity index (χ4v) is 3.82. The number of hydrogen-bond acceptors (Lipinski definition) is 4. The number of carboxylic acid groups (broad SMARTS) is 2. The first-order valence-electron chi connectivity index (χ1n) is 10.7. The fraction of sp³-hybridized carbons (Fsp3) is 0.360. The van der Waals surface area contributed by atoms with Gasteiger partial charge in [0, 0.05) is 37.7 Å². The Bertz CT molecular complexity index is 896. The van der Waals surface area contributed by atoms with E-state index in [4.69, 9.17) is 14.9 Å². The smallest absolute Gasteiger partial charge is 0.328 e. The zero-order valence-electron chi connectivity index (χ0n) is 17.8. The van der Waals surface area contributed by atoms with Crippen LogP contribution in [0.15, 0.2) is 66.7 Å². The van der Waals surface area contributed by atoms with Gasteiger partial charge in [-0.3, -0.25) is 0 Å². The Hall–Kier alpha value is -3.19. The van der Waals surface area contributed by atoms with Gasteiger partial charge in [0.05, 0.1) is 0 Å². The monoisotopic (exact) mass is 441 g/mol. The van der Waals surface area contributed by atoms with Crippen molar-refractivity contribution < 1.29 is 28.9 Å². The molecule has 32 heavy (non-hydrogen) atoms. The molecule has 7 heteroatoms. The van der Waals surface area contributed by atoms with E-state index in [1.807, 2.05) is 0 Å². The minimum Gasteiger partial charge on any atom is -0.490 e. The minimum absolute atomic E-state index is 0.147. The maximum atomic E-state index is 13.1. The van der Waals surface area contributed by atoms with Crippen LogP contribution in [-0.2, 0) is 9.59 Å². The first-order valence-corrected chi connectivity index (χ1v) is 10.7. The molecule has 1 saturated heterocycles. The summed E-state index contributed by atoms with van der Waals surface area (Å²) in [5, 5.41) is 15.6. The molecule has 2 N–H and O–H groups in total. The van der Waals surface area contributed by atoms with E-state index in [0.29, 0.717) is 18.1 Å². The summed E-state index contributed by atoms with van der Waals surface area (Å²) in [5.74, 6) is -0.696. The van der Waals surface area contributed by atoms with Crippen LogP contribution in [0.4, 0.5) is 4.39 Å². The SMILES string of the molecule is Fc1ccc(O[C@H]2CCN(CC3CC3)C[C@H]2c2ccccc2)cc1.O=C(O)C=CC(=O)O. The van der Waals surface area contributed by atoms with Gasteiger partial charge in [-0.25, -0.2) is 14.0 Å². The number of likely N-dealkylation sites (tertiary alicyclic amines) is 1. The van der Waals surface area contributed by atoms with E-state index in [-0.39, 0.29) is 11.9 Å². The maximum Gasteiger partial charge on any atom is 0.328 e. The first kappa shape index (κ1) is 23.5.